The van der Waals surface area contributed by atoms with Crippen molar-refractivity contribution in [2.75, 3.05) is 6.54 Å². The Morgan fingerprint density at radius 3 is 2.45 bits per heavy atom. The molecule has 0 amide bonds. The molecule has 0 atom stereocenters. The zero-order valence-electron chi connectivity index (χ0n) is 6.33. The molecule has 1 aromatic carbocycles. The molecule has 0 bridgehead atoms. The molecule has 0 aliphatic heterocycles. The van der Waals surface area contributed by atoms with Gasteiger partial charge in [0, 0.05) is 0 Å². The van der Waals surface area contributed by atoms with Crippen molar-refractivity contribution in [2.24, 2.45) is 0 Å². The predicted molar refractivity (Wildman–Crippen MR) is 43.1 cm³/mol. The van der Waals surface area contributed by atoms with Crippen LogP contribution in [0.2, 0.25) is 0 Å². The van der Waals surface area contributed by atoms with Gasteiger partial charge >= 0.3 is 0 Å². The van der Waals surface area contributed by atoms with Gasteiger partial charge in [0.15, 0.2) is 0 Å². The first kappa shape index (κ1) is 10.4. The second-order valence-electron chi connectivity index (χ2n) is 2.14. The third-order valence-corrected chi connectivity index (χ3v) is 1.32. The van der Waals surface area contributed by atoms with Crippen molar-refractivity contribution >= 4 is 5.69 Å². The van der Waals surface area contributed by atoms with Crippen LogP contribution in [-0.2, 0) is 0 Å². The molecule has 60 valence electrons. The fourth-order valence-electron chi connectivity index (χ4n) is 0.809. The van der Waals surface area contributed by atoms with Crippen molar-refractivity contribution in [3.05, 3.63) is 43.0 Å². The van der Waals surface area contributed by atoms with E-state index in [0.717, 1.165) is 6.54 Å². The van der Waals surface area contributed by atoms with E-state index in [4.69, 9.17) is 0 Å². The van der Waals surface area contributed by atoms with Crippen LogP contribution in [0.5, 0.6) is 0 Å². The van der Waals surface area contributed by atoms with Crippen molar-refractivity contribution < 1.29 is 22.3 Å². The van der Waals surface area contributed by atoms with E-state index in [9.17, 15) is 0 Å². The summed E-state index contributed by atoms with van der Waals surface area (Å²) in [4.78, 5) is 0. The molecule has 0 spiro atoms. The Bertz CT molecular complexity index is 196. The maximum Gasteiger partial charge on any atom is 0.129 e. The summed E-state index contributed by atoms with van der Waals surface area (Å²) >= 11 is 0. The molecule has 2 heteroatoms. The van der Waals surface area contributed by atoms with Crippen LogP contribution < -0.4 is 22.3 Å². The summed E-state index contributed by atoms with van der Waals surface area (Å²) in [5, 5.41) is 2.15. The Kier molecular flexibility index (Phi) is 5.80. The van der Waals surface area contributed by atoms with Gasteiger partial charge in [-0.1, -0.05) is 24.8 Å². The SMILES string of the molecule is C=CC[NH2+]c1ccccc1.[Br-]. The number of quaternary nitrogens is 1. The number of hydrogen-bond donors (Lipinski definition) is 1. The largest absolute Gasteiger partial charge is 1.00 e. The van der Waals surface area contributed by atoms with E-state index in [1.165, 1.54) is 5.69 Å². The first-order chi connectivity index (χ1) is 4.93. The Labute approximate surface area is 77.9 Å². The molecule has 0 saturated carbocycles. The van der Waals surface area contributed by atoms with Crippen LogP contribution in [0.1, 0.15) is 0 Å². The van der Waals surface area contributed by atoms with E-state index in [1.54, 1.807) is 0 Å². The zero-order chi connectivity index (χ0) is 7.23. The maximum atomic E-state index is 3.64. The number of rotatable bonds is 3. The van der Waals surface area contributed by atoms with Gasteiger partial charge in [0.25, 0.3) is 0 Å². The highest BCUT2D eigenvalue weighted by molar-refractivity contribution is 5.26. The molecular formula is C9H12BrN. The van der Waals surface area contributed by atoms with E-state index in [0.29, 0.717) is 0 Å². The van der Waals surface area contributed by atoms with Gasteiger partial charge in [-0.25, -0.2) is 0 Å². The van der Waals surface area contributed by atoms with Crippen LogP contribution in [0.4, 0.5) is 5.69 Å². The zero-order valence-corrected chi connectivity index (χ0v) is 7.92. The van der Waals surface area contributed by atoms with Crippen LogP contribution in [0.25, 0.3) is 0 Å². The Balaban J connectivity index is 0.000001000. The summed E-state index contributed by atoms with van der Waals surface area (Å²) in [7, 11) is 0. The molecule has 1 nitrogen and oxygen atoms in total. The minimum atomic E-state index is 0. The number of para-hydroxylation sites is 1. The van der Waals surface area contributed by atoms with E-state index in [-0.39, 0.29) is 17.0 Å². The van der Waals surface area contributed by atoms with Crippen LogP contribution in [0.15, 0.2) is 43.0 Å². The topological polar surface area (TPSA) is 16.6 Å². The highest BCUT2D eigenvalue weighted by atomic mass is 79.9. The lowest BCUT2D eigenvalue weighted by molar-refractivity contribution is -0.561. The van der Waals surface area contributed by atoms with Gasteiger partial charge in [-0.3, -0.25) is 0 Å². The second-order valence-corrected chi connectivity index (χ2v) is 2.14. The minimum Gasteiger partial charge on any atom is -1.00 e. The van der Waals surface area contributed by atoms with Gasteiger partial charge < -0.3 is 22.3 Å². The van der Waals surface area contributed by atoms with Crippen molar-refractivity contribution in [3.8, 4) is 0 Å². The molecule has 0 unspecified atom stereocenters. The summed E-state index contributed by atoms with van der Waals surface area (Å²) in [6.45, 7) is 4.59. The lowest BCUT2D eigenvalue weighted by atomic mass is 10.3. The highest BCUT2D eigenvalue weighted by Crippen LogP contribution is 1.95. The lowest BCUT2D eigenvalue weighted by Crippen LogP contribution is -3.00. The first-order valence-electron chi connectivity index (χ1n) is 3.42. The third-order valence-electron chi connectivity index (χ3n) is 1.32. The molecule has 11 heavy (non-hydrogen) atoms. The normalized spacial score (nSPS) is 8.36. The van der Waals surface area contributed by atoms with Gasteiger partial charge in [0.05, 0.1) is 6.54 Å². The van der Waals surface area contributed by atoms with Crippen molar-refractivity contribution in [1.29, 1.82) is 0 Å². The molecule has 1 rings (SSSR count). The smallest absolute Gasteiger partial charge is 0.129 e. The van der Waals surface area contributed by atoms with Crippen LogP contribution in [0.3, 0.4) is 0 Å². The average molecular weight is 214 g/mol. The monoisotopic (exact) mass is 213 g/mol. The van der Waals surface area contributed by atoms with Gasteiger partial charge in [0.2, 0.25) is 0 Å². The van der Waals surface area contributed by atoms with Crippen molar-refractivity contribution in [2.45, 2.75) is 0 Å². The molecule has 0 heterocycles. The molecule has 1 aromatic rings. The van der Waals surface area contributed by atoms with E-state index < -0.39 is 0 Å². The molecule has 0 aliphatic carbocycles. The Hall–Kier alpha value is -0.600. The van der Waals surface area contributed by atoms with E-state index >= 15 is 0 Å². The van der Waals surface area contributed by atoms with Crippen molar-refractivity contribution in [3.63, 3.8) is 0 Å². The lowest BCUT2D eigenvalue weighted by Gasteiger charge is -1.93. The molecule has 0 fully saturated rings. The number of benzene rings is 1. The molecule has 2 N–H and O–H groups in total. The fraction of sp³-hybridized carbons (Fsp3) is 0.111. The average Bonchev–Trinajstić information content (AvgIpc) is 2.03. The minimum absolute atomic E-state index is 0. The number of hydrogen-bond acceptors (Lipinski definition) is 0. The first-order valence-corrected chi connectivity index (χ1v) is 3.42. The predicted octanol–water partition coefficient (Wildman–Crippen LogP) is -1.93. The fourth-order valence-corrected chi connectivity index (χ4v) is 0.809. The molecular weight excluding hydrogens is 202 g/mol. The quantitative estimate of drug-likeness (QED) is 0.446. The number of halogens is 1. The Morgan fingerprint density at radius 1 is 1.27 bits per heavy atom. The summed E-state index contributed by atoms with van der Waals surface area (Å²) in [6.07, 6.45) is 1.90. The summed E-state index contributed by atoms with van der Waals surface area (Å²) < 4.78 is 0. The summed E-state index contributed by atoms with van der Waals surface area (Å²) in [5.41, 5.74) is 1.27. The van der Waals surface area contributed by atoms with Crippen LogP contribution in [0, 0.1) is 0 Å². The molecule has 0 radical (unpaired) electrons. The van der Waals surface area contributed by atoms with Gasteiger partial charge in [0.1, 0.15) is 5.69 Å². The van der Waals surface area contributed by atoms with Gasteiger partial charge in [-0.2, -0.15) is 0 Å². The standard InChI is InChI=1S/C9H11N.BrH/c1-2-8-10-9-6-4-3-5-7-9;/h2-7,10H,1,8H2;1H. The van der Waals surface area contributed by atoms with Crippen LogP contribution >= 0.6 is 0 Å². The summed E-state index contributed by atoms with van der Waals surface area (Å²) in [5.74, 6) is 0. The van der Waals surface area contributed by atoms with Gasteiger partial charge in [-0.05, 0) is 18.2 Å². The molecule has 0 aliphatic rings. The molecule has 0 saturated heterocycles. The Morgan fingerprint density at radius 2 is 1.91 bits per heavy atom. The van der Waals surface area contributed by atoms with Crippen LogP contribution in [-0.4, -0.2) is 6.54 Å². The highest BCUT2D eigenvalue weighted by Gasteiger charge is 1.88. The van der Waals surface area contributed by atoms with E-state index in [2.05, 4.69) is 24.0 Å². The molecule has 0 aromatic heterocycles. The second kappa shape index (κ2) is 6.13. The maximum absolute atomic E-state index is 3.64. The summed E-state index contributed by atoms with van der Waals surface area (Å²) in [6, 6.07) is 10.3. The third kappa shape index (κ3) is 3.96. The van der Waals surface area contributed by atoms with Crippen molar-refractivity contribution in [1.82, 2.24) is 0 Å². The van der Waals surface area contributed by atoms with Gasteiger partial charge in [-0.15, -0.1) is 0 Å². The number of nitrogens with two attached hydrogens (primary N) is 1. The van der Waals surface area contributed by atoms with E-state index in [1.807, 2.05) is 24.3 Å².